The predicted molar refractivity (Wildman–Crippen MR) is 70.8 cm³/mol. The van der Waals surface area contributed by atoms with E-state index in [-0.39, 0.29) is 17.9 Å². The molecular weight excluding hydrogens is 212 g/mol. The number of rotatable bonds is 6. The minimum atomic E-state index is 0.0991. The molecule has 1 aromatic carbocycles. The molecule has 3 nitrogen and oxygen atoms in total. The van der Waals surface area contributed by atoms with Crippen molar-refractivity contribution < 1.29 is 4.79 Å². The molecule has 1 aromatic rings. The maximum atomic E-state index is 11.7. The Balaban J connectivity index is 2.31. The highest BCUT2D eigenvalue weighted by Crippen LogP contribution is 2.17. The third-order valence-electron chi connectivity index (χ3n) is 2.78. The van der Waals surface area contributed by atoms with Gasteiger partial charge < -0.3 is 11.1 Å². The number of nitrogens with two attached hydrogens (primary N) is 1. The molecule has 0 bridgehead atoms. The van der Waals surface area contributed by atoms with Crippen molar-refractivity contribution in [3.63, 3.8) is 0 Å². The summed E-state index contributed by atoms with van der Waals surface area (Å²) in [6.45, 7) is 4.68. The van der Waals surface area contributed by atoms with Crippen LogP contribution < -0.4 is 11.1 Å². The summed E-state index contributed by atoms with van der Waals surface area (Å²) in [5.41, 5.74) is 6.82. The Morgan fingerprint density at radius 1 is 1.29 bits per heavy atom. The van der Waals surface area contributed by atoms with Crippen LogP contribution in [0.5, 0.6) is 0 Å². The molecule has 0 aliphatic rings. The second-order valence-electron chi connectivity index (χ2n) is 4.63. The third kappa shape index (κ3) is 5.50. The first kappa shape index (κ1) is 13.7. The molecule has 0 aromatic heterocycles. The van der Waals surface area contributed by atoms with Crippen LogP contribution in [0.3, 0.4) is 0 Å². The average Bonchev–Trinajstić information content (AvgIpc) is 2.29. The SMILES string of the molecule is CC(N)CCNC(=O)CC(C)c1ccccc1. The van der Waals surface area contributed by atoms with Gasteiger partial charge in [0.1, 0.15) is 0 Å². The van der Waals surface area contributed by atoms with E-state index in [9.17, 15) is 4.79 Å². The minimum absolute atomic E-state index is 0.0991. The monoisotopic (exact) mass is 234 g/mol. The number of carbonyl (C=O) groups is 1. The van der Waals surface area contributed by atoms with Gasteiger partial charge in [-0.25, -0.2) is 0 Å². The fourth-order valence-corrected chi connectivity index (χ4v) is 1.69. The van der Waals surface area contributed by atoms with Crippen LogP contribution in [0.4, 0.5) is 0 Å². The first-order valence-electron chi connectivity index (χ1n) is 6.17. The van der Waals surface area contributed by atoms with Crippen molar-refractivity contribution in [1.29, 1.82) is 0 Å². The number of amides is 1. The van der Waals surface area contributed by atoms with Gasteiger partial charge in [0.25, 0.3) is 0 Å². The van der Waals surface area contributed by atoms with Gasteiger partial charge in [0.05, 0.1) is 0 Å². The molecule has 0 aliphatic heterocycles. The van der Waals surface area contributed by atoms with Crippen LogP contribution in [0.15, 0.2) is 30.3 Å². The number of nitrogens with one attached hydrogen (secondary N) is 1. The van der Waals surface area contributed by atoms with Crippen molar-refractivity contribution in [3.05, 3.63) is 35.9 Å². The van der Waals surface area contributed by atoms with E-state index >= 15 is 0 Å². The van der Waals surface area contributed by atoms with Crippen molar-refractivity contribution in [1.82, 2.24) is 5.32 Å². The number of hydrogen-bond donors (Lipinski definition) is 2. The highest BCUT2D eigenvalue weighted by Gasteiger charge is 2.10. The number of hydrogen-bond acceptors (Lipinski definition) is 2. The first-order chi connectivity index (χ1) is 8.09. The molecule has 94 valence electrons. The van der Waals surface area contributed by atoms with Crippen LogP contribution >= 0.6 is 0 Å². The molecule has 0 spiro atoms. The van der Waals surface area contributed by atoms with Gasteiger partial charge in [0, 0.05) is 19.0 Å². The standard InChI is InChI=1S/C14H22N2O/c1-11(13-6-4-3-5-7-13)10-14(17)16-9-8-12(2)15/h3-7,11-12H,8-10,15H2,1-2H3,(H,16,17). The van der Waals surface area contributed by atoms with Gasteiger partial charge in [0.15, 0.2) is 0 Å². The van der Waals surface area contributed by atoms with Gasteiger partial charge in [-0.1, -0.05) is 37.3 Å². The van der Waals surface area contributed by atoms with Gasteiger partial charge in [-0.2, -0.15) is 0 Å². The predicted octanol–water partition coefficient (Wildman–Crippen LogP) is 2.03. The summed E-state index contributed by atoms with van der Waals surface area (Å²) in [5.74, 6) is 0.355. The van der Waals surface area contributed by atoms with Crippen molar-refractivity contribution >= 4 is 5.91 Å². The fourth-order valence-electron chi connectivity index (χ4n) is 1.69. The molecule has 0 radical (unpaired) electrons. The summed E-state index contributed by atoms with van der Waals surface area (Å²) in [5, 5.41) is 2.90. The summed E-state index contributed by atoms with van der Waals surface area (Å²) < 4.78 is 0. The molecular formula is C14H22N2O. The summed E-state index contributed by atoms with van der Waals surface area (Å²) in [7, 11) is 0. The van der Waals surface area contributed by atoms with Gasteiger partial charge in [-0.05, 0) is 24.8 Å². The normalized spacial score (nSPS) is 14.1. The molecule has 3 heteroatoms. The van der Waals surface area contributed by atoms with Gasteiger partial charge >= 0.3 is 0 Å². The van der Waals surface area contributed by atoms with Crippen molar-refractivity contribution in [2.75, 3.05) is 6.54 Å². The third-order valence-corrected chi connectivity index (χ3v) is 2.78. The minimum Gasteiger partial charge on any atom is -0.356 e. The van der Waals surface area contributed by atoms with E-state index in [1.54, 1.807) is 0 Å². The molecule has 17 heavy (non-hydrogen) atoms. The maximum absolute atomic E-state index is 11.7. The molecule has 3 N–H and O–H groups in total. The Kier molecular flexibility index (Phi) is 5.70. The zero-order valence-electron chi connectivity index (χ0n) is 10.6. The summed E-state index contributed by atoms with van der Waals surface area (Å²) >= 11 is 0. The number of carbonyl (C=O) groups excluding carboxylic acids is 1. The van der Waals surface area contributed by atoms with Crippen molar-refractivity contribution in [2.45, 2.75) is 38.6 Å². The molecule has 1 rings (SSSR count). The van der Waals surface area contributed by atoms with E-state index in [1.165, 1.54) is 5.56 Å². The van der Waals surface area contributed by atoms with Crippen molar-refractivity contribution in [2.24, 2.45) is 5.73 Å². The molecule has 2 unspecified atom stereocenters. The van der Waals surface area contributed by atoms with E-state index in [4.69, 9.17) is 5.73 Å². The van der Waals surface area contributed by atoms with Crippen LogP contribution in [0.1, 0.15) is 38.2 Å². The van der Waals surface area contributed by atoms with Gasteiger partial charge in [-0.15, -0.1) is 0 Å². The topological polar surface area (TPSA) is 55.1 Å². The van der Waals surface area contributed by atoms with Crippen LogP contribution in [-0.4, -0.2) is 18.5 Å². The van der Waals surface area contributed by atoms with Crippen LogP contribution in [0.25, 0.3) is 0 Å². The van der Waals surface area contributed by atoms with Crippen LogP contribution in [0, 0.1) is 0 Å². The quantitative estimate of drug-likeness (QED) is 0.791. The Bertz CT molecular complexity index is 335. The van der Waals surface area contributed by atoms with Gasteiger partial charge in [-0.3, -0.25) is 4.79 Å². The summed E-state index contributed by atoms with van der Waals surface area (Å²) in [6, 6.07) is 10.2. The van der Waals surface area contributed by atoms with E-state index in [0.717, 1.165) is 6.42 Å². The molecule has 0 saturated heterocycles. The Hall–Kier alpha value is -1.35. The summed E-state index contributed by atoms with van der Waals surface area (Å²) in [4.78, 5) is 11.7. The lowest BCUT2D eigenvalue weighted by atomic mass is 9.97. The molecule has 0 heterocycles. The van der Waals surface area contributed by atoms with E-state index < -0.39 is 0 Å². The lowest BCUT2D eigenvalue weighted by Gasteiger charge is -2.12. The fraction of sp³-hybridized carbons (Fsp3) is 0.500. The zero-order chi connectivity index (χ0) is 12.7. The highest BCUT2D eigenvalue weighted by molar-refractivity contribution is 5.76. The Labute approximate surface area is 103 Å². The zero-order valence-corrected chi connectivity index (χ0v) is 10.6. The van der Waals surface area contributed by atoms with E-state index in [1.807, 2.05) is 25.1 Å². The molecule has 1 amide bonds. The summed E-state index contributed by atoms with van der Waals surface area (Å²) in [6.07, 6.45) is 1.36. The second-order valence-corrected chi connectivity index (χ2v) is 4.63. The van der Waals surface area contributed by atoms with E-state index in [2.05, 4.69) is 24.4 Å². The maximum Gasteiger partial charge on any atom is 0.220 e. The second kappa shape index (κ2) is 7.07. The lowest BCUT2D eigenvalue weighted by molar-refractivity contribution is -0.121. The average molecular weight is 234 g/mol. The molecule has 0 aliphatic carbocycles. The van der Waals surface area contributed by atoms with Crippen LogP contribution in [0.2, 0.25) is 0 Å². The van der Waals surface area contributed by atoms with Gasteiger partial charge in [0.2, 0.25) is 5.91 Å². The lowest BCUT2D eigenvalue weighted by Crippen LogP contribution is -2.29. The van der Waals surface area contributed by atoms with Crippen molar-refractivity contribution in [3.8, 4) is 0 Å². The first-order valence-corrected chi connectivity index (χ1v) is 6.17. The largest absolute Gasteiger partial charge is 0.356 e. The van der Waals surface area contributed by atoms with Crippen LogP contribution in [-0.2, 0) is 4.79 Å². The van der Waals surface area contributed by atoms with E-state index in [0.29, 0.717) is 13.0 Å². The Morgan fingerprint density at radius 2 is 1.94 bits per heavy atom. The Morgan fingerprint density at radius 3 is 2.53 bits per heavy atom. The molecule has 0 fully saturated rings. The molecule has 0 saturated carbocycles. The smallest absolute Gasteiger partial charge is 0.220 e. The number of benzene rings is 1. The molecule has 2 atom stereocenters. The highest BCUT2D eigenvalue weighted by atomic mass is 16.1.